The number of hydrogen-bond donors (Lipinski definition) is 0. The van der Waals surface area contributed by atoms with E-state index in [2.05, 4.69) is 0 Å². The first-order valence-corrected chi connectivity index (χ1v) is 5.73. The Morgan fingerprint density at radius 3 is 2.00 bits per heavy atom. The molecule has 0 aliphatic heterocycles. The molecule has 8 heteroatoms. The van der Waals surface area contributed by atoms with Gasteiger partial charge < -0.3 is 17.7 Å². The van der Waals surface area contributed by atoms with E-state index in [0.717, 1.165) is 24.3 Å². The molecule has 0 bridgehead atoms. The van der Waals surface area contributed by atoms with Gasteiger partial charge in [0.15, 0.2) is 11.6 Å². The van der Waals surface area contributed by atoms with Crippen LogP contribution in [-0.2, 0) is 6.61 Å². The van der Waals surface area contributed by atoms with Crippen LogP contribution in [0.15, 0.2) is 42.5 Å². The first-order chi connectivity index (χ1) is 9.36. The first-order valence-electron chi connectivity index (χ1n) is 5.73. The van der Waals surface area contributed by atoms with Crippen molar-refractivity contribution in [2.45, 2.75) is 6.61 Å². The van der Waals surface area contributed by atoms with Gasteiger partial charge >= 0.3 is 58.4 Å². The van der Waals surface area contributed by atoms with Gasteiger partial charge in [-0.25, -0.2) is 8.78 Å². The monoisotopic (exact) mass is 326 g/mol. The second kappa shape index (κ2) is 7.73. The van der Waals surface area contributed by atoms with Gasteiger partial charge in [-0.15, -0.1) is 5.46 Å². The molecule has 2 aromatic carbocycles. The minimum Gasteiger partial charge on any atom is -0.489 e. The topological polar surface area (TPSA) is 9.23 Å². The molecule has 0 spiro atoms. The zero-order valence-electron chi connectivity index (χ0n) is 11.1. The smallest absolute Gasteiger partial charge is 0.489 e. The van der Waals surface area contributed by atoms with E-state index in [0.29, 0.717) is 5.56 Å². The number of rotatable bonds is 4. The van der Waals surface area contributed by atoms with Crippen LogP contribution in [-0.4, -0.2) is 6.98 Å². The molecule has 0 heterocycles. The number of hydrogen-bond acceptors (Lipinski definition) is 1. The summed E-state index contributed by atoms with van der Waals surface area (Å²) in [4.78, 5) is 0. The van der Waals surface area contributed by atoms with Crippen molar-refractivity contribution in [1.82, 2.24) is 0 Å². The van der Waals surface area contributed by atoms with E-state index in [-0.39, 0.29) is 63.7 Å². The molecule has 0 saturated heterocycles. The average molecular weight is 326 g/mol. The molecule has 0 saturated carbocycles. The molecule has 0 N–H and O–H groups in total. The van der Waals surface area contributed by atoms with Crippen molar-refractivity contribution in [3.63, 3.8) is 0 Å². The van der Waals surface area contributed by atoms with E-state index in [1.165, 1.54) is 18.2 Å². The summed E-state index contributed by atoms with van der Waals surface area (Å²) in [6, 6.07) is 7.48. The van der Waals surface area contributed by atoms with E-state index in [9.17, 15) is 21.7 Å². The molecular formula is C13H9BF5KO. The van der Waals surface area contributed by atoms with Crippen LogP contribution in [0.25, 0.3) is 0 Å². The van der Waals surface area contributed by atoms with Crippen LogP contribution in [0.4, 0.5) is 21.7 Å². The van der Waals surface area contributed by atoms with Gasteiger partial charge in [-0.05, 0) is 29.8 Å². The fourth-order valence-corrected chi connectivity index (χ4v) is 1.58. The maximum Gasteiger partial charge on any atom is 1.00 e. The Morgan fingerprint density at radius 2 is 1.48 bits per heavy atom. The largest absolute Gasteiger partial charge is 1.00 e. The van der Waals surface area contributed by atoms with Crippen molar-refractivity contribution in [1.29, 1.82) is 0 Å². The van der Waals surface area contributed by atoms with E-state index in [4.69, 9.17) is 4.74 Å². The third-order valence-corrected chi connectivity index (χ3v) is 2.65. The third-order valence-electron chi connectivity index (χ3n) is 2.65. The van der Waals surface area contributed by atoms with Crippen LogP contribution < -0.4 is 61.6 Å². The van der Waals surface area contributed by atoms with E-state index >= 15 is 0 Å². The Bertz CT molecular complexity index is 601. The molecule has 0 aromatic heterocycles. The fraction of sp³-hybridized carbons (Fsp3) is 0.0769. The molecular weight excluding hydrogens is 317 g/mol. The maximum atomic E-state index is 12.9. The molecule has 0 radical (unpaired) electrons. The Kier molecular flexibility index (Phi) is 6.86. The molecule has 2 aromatic rings. The Hall–Kier alpha value is -0.409. The fourth-order valence-electron chi connectivity index (χ4n) is 1.58. The van der Waals surface area contributed by atoms with Gasteiger partial charge in [-0.1, -0.05) is 18.2 Å². The van der Waals surface area contributed by atoms with Gasteiger partial charge in [-0.2, -0.15) is 0 Å². The quantitative estimate of drug-likeness (QED) is 0.591. The van der Waals surface area contributed by atoms with Crippen molar-refractivity contribution in [3.8, 4) is 5.75 Å². The summed E-state index contributed by atoms with van der Waals surface area (Å²) in [7, 11) is 0. The van der Waals surface area contributed by atoms with Gasteiger partial charge in [0.05, 0.1) is 0 Å². The zero-order valence-corrected chi connectivity index (χ0v) is 14.2. The summed E-state index contributed by atoms with van der Waals surface area (Å²) in [6.07, 6.45) is 0. The summed E-state index contributed by atoms with van der Waals surface area (Å²) in [5, 5.41) is 0. The zero-order chi connectivity index (χ0) is 14.8. The third kappa shape index (κ3) is 5.37. The number of ether oxygens (including phenoxy) is 1. The Labute approximate surface area is 161 Å². The summed E-state index contributed by atoms with van der Waals surface area (Å²) in [5.41, 5.74) is -0.335. The van der Waals surface area contributed by atoms with Gasteiger partial charge in [0.1, 0.15) is 12.4 Å². The summed E-state index contributed by atoms with van der Waals surface area (Å²) < 4.78 is 68.0. The van der Waals surface area contributed by atoms with E-state index in [1.54, 1.807) is 0 Å². The van der Waals surface area contributed by atoms with E-state index < -0.39 is 24.1 Å². The molecule has 106 valence electrons. The predicted molar refractivity (Wildman–Crippen MR) is 65.8 cm³/mol. The molecule has 0 atom stereocenters. The van der Waals surface area contributed by atoms with Crippen LogP contribution in [0.2, 0.25) is 0 Å². The number of halogens is 5. The van der Waals surface area contributed by atoms with Crippen LogP contribution >= 0.6 is 0 Å². The Morgan fingerprint density at radius 1 is 0.857 bits per heavy atom. The van der Waals surface area contributed by atoms with Crippen LogP contribution in [0.3, 0.4) is 0 Å². The Balaban J connectivity index is 0.00000220. The average Bonchev–Trinajstić information content (AvgIpc) is 2.40. The summed E-state index contributed by atoms with van der Waals surface area (Å²) >= 11 is 0. The van der Waals surface area contributed by atoms with Crippen molar-refractivity contribution < 1.29 is 77.8 Å². The van der Waals surface area contributed by atoms with Crippen LogP contribution in [0, 0.1) is 11.6 Å². The SMILES string of the molecule is Fc1ccc(COc2ccc([B-](F)(F)F)cc2)cc1F.[K+]. The molecule has 1 nitrogen and oxygen atoms in total. The van der Waals surface area contributed by atoms with Gasteiger partial charge in [0, 0.05) is 0 Å². The predicted octanol–water partition coefficient (Wildman–Crippen LogP) is 0.602. The van der Waals surface area contributed by atoms with Crippen molar-refractivity contribution >= 4 is 12.4 Å². The van der Waals surface area contributed by atoms with Crippen molar-refractivity contribution in [2.75, 3.05) is 0 Å². The van der Waals surface area contributed by atoms with E-state index in [1.807, 2.05) is 0 Å². The maximum absolute atomic E-state index is 12.9. The normalized spacial score (nSPS) is 10.9. The molecule has 21 heavy (non-hydrogen) atoms. The molecule has 0 fully saturated rings. The van der Waals surface area contributed by atoms with Gasteiger partial charge in [0.25, 0.3) is 0 Å². The van der Waals surface area contributed by atoms with Crippen molar-refractivity contribution in [3.05, 3.63) is 59.7 Å². The van der Waals surface area contributed by atoms with Gasteiger partial charge in [-0.3, -0.25) is 0 Å². The second-order valence-corrected chi connectivity index (χ2v) is 4.18. The summed E-state index contributed by atoms with van der Waals surface area (Å²) in [6.45, 7) is -5.10. The molecule has 0 unspecified atom stereocenters. The van der Waals surface area contributed by atoms with Crippen LogP contribution in [0.1, 0.15) is 5.56 Å². The minimum atomic E-state index is -5.03. The first kappa shape index (κ1) is 18.6. The summed E-state index contributed by atoms with van der Waals surface area (Å²) in [5.74, 6) is -1.75. The molecule has 0 aliphatic carbocycles. The minimum absolute atomic E-state index is 0. The second-order valence-electron chi connectivity index (χ2n) is 4.18. The number of benzene rings is 2. The van der Waals surface area contributed by atoms with Crippen LogP contribution in [0.5, 0.6) is 5.75 Å². The molecule has 2 rings (SSSR count). The standard InChI is InChI=1S/C13H9BF5O.K/c15-12-6-1-9(7-13(12)16)8-20-11-4-2-10(3-5-11)14(17,18)19;/h1-7H,8H2;/q-1;+1. The molecule has 0 amide bonds. The van der Waals surface area contributed by atoms with Gasteiger partial charge in [0.2, 0.25) is 0 Å². The molecule has 0 aliphatic rings. The van der Waals surface area contributed by atoms with Crippen molar-refractivity contribution in [2.24, 2.45) is 0 Å².